The van der Waals surface area contributed by atoms with Crippen molar-refractivity contribution in [2.75, 3.05) is 0 Å². The van der Waals surface area contributed by atoms with E-state index in [1.807, 2.05) is 0 Å². The molecule has 0 amide bonds. The fraction of sp³-hybridized carbons (Fsp3) is 0.333. The SMILES string of the molecule is Cc1[c]c(Br)c(C)c(C)c1. The molecule has 0 spiro atoms. The Kier molecular flexibility index (Phi) is 2.14. The van der Waals surface area contributed by atoms with Crippen LogP contribution in [0.25, 0.3) is 0 Å². The van der Waals surface area contributed by atoms with Crippen molar-refractivity contribution in [3.05, 3.63) is 33.3 Å². The molecule has 0 aromatic heterocycles. The van der Waals surface area contributed by atoms with Crippen molar-refractivity contribution in [3.8, 4) is 0 Å². The van der Waals surface area contributed by atoms with E-state index < -0.39 is 0 Å². The van der Waals surface area contributed by atoms with Crippen molar-refractivity contribution >= 4 is 15.9 Å². The van der Waals surface area contributed by atoms with Gasteiger partial charge in [-0.3, -0.25) is 0 Å². The number of halogens is 1. The first-order chi connectivity index (χ1) is 4.61. The molecule has 0 saturated carbocycles. The molecular formula is C9H10Br. The summed E-state index contributed by atoms with van der Waals surface area (Å²) in [6, 6.07) is 5.33. The quantitative estimate of drug-likeness (QED) is 0.600. The molecule has 0 unspecified atom stereocenters. The Hall–Kier alpha value is -0.300. The summed E-state index contributed by atoms with van der Waals surface area (Å²) in [4.78, 5) is 0. The number of hydrogen-bond acceptors (Lipinski definition) is 0. The normalized spacial score (nSPS) is 10.0. The molecule has 0 nitrogen and oxygen atoms in total. The number of benzene rings is 1. The molecule has 0 atom stereocenters. The molecule has 1 aromatic rings. The maximum absolute atomic E-state index is 3.44. The van der Waals surface area contributed by atoms with Crippen LogP contribution in [0, 0.1) is 26.8 Å². The molecular weight excluding hydrogens is 188 g/mol. The fourth-order valence-corrected chi connectivity index (χ4v) is 1.53. The van der Waals surface area contributed by atoms with Gasteiger partial charge in [-0.15, -0.1) is 0 Å². The average Bonchev–Trinajstić information content (AvgIpc) is 1.82. The lowest BCUT2D eigenvalue weighted by Gasteiger charge is -2.02. The molecule has 53 valence electrons. The molecule has 1 radical (unpaired) electrons. The van der Waals surface area contributed by atoms with Crippen molar-refractivity contribution in [2.45, 2.75) is 20.8 Å². The Morgan fingerprint density at radius 1 is 1.30 bits per heavy atom. The highest BCUT2D eigenvalue weighted by molar-refractivity contribution is 9.10. The molecule has 0 heterocycles. The van der Waals surface area contributed by atoms with Gasteiger partial charge in [-0.05, 0) is 53.4 Å². The Labute approximate surface area is 70.4 Å². The van der Waals surface area contributed by atoms with Crippen LogP contribution in [0.1, 0.15) is 16.7 Å². The second-order valence-corrected chi connectivity index (χ2v) is 3.37. The van der Waals surface area contributed by atoms with Gasteiger partial charge < -0.3 is 0 Å². The van der Waals surface area contributed by atoms with E-state index in [1.54, 1.807) is 0 Å². The maximum Gasteiger partial charge on any atom is 0.0288 e. The summed E-state index contributed by atoms with van der Waals surface area (Å²) in [5.41, 5.74) is 3.80. The van der Waals surface area contributed by atoms with Gasteiger partial charge in [0, 0.05) is 10.5 Å². The summed E-state index contributed by atoms with van der Waals surface area (Å²) in [6.07, 6.45) is 0. The van der Waals surface area contributed by atoms with Crippen LogP contribution in [-0.4, -0.2) is 0 Å². The number of rotatable bonds is 0. The summed E-state index contributed by atoms with van der Waals surface area (Å²) in [5, 5.41) is 0. The Morgan fingerprint density at radius 2 is 1.90 bits per heavy atom. The molecule has 0 fully saturated rings. The highest BCUT2D eigenvalue weighted by Gasteiger charge is 1.98. The first kappa shape index (κ1) is 7.80. The van der Waals surface area contributed by atoms with Gasteiger partial charge in [0.2, 0.25) is 0 Å². The standard InChI is InChI=1S/C9H10Br/c1-6-4-7(2)8(3)9(10)5-6/h4H,1-3H3. The summed E-state index contributed by atoms with van der Waals surface area (Å²) >= 11 is 3.44. The van der Waals surface area contributed by atoms with Gasteiger partial charge in [-0.25, -0.2) is 0 Å². The van der Waals surface area contributed by atoms with Crippen molar-refractivity contribution in [1.82, 2.24) is 0 Å². The molecule has 0 aliphatic rings. The molecule has 1 rings (SSSR count). The van der Waals surface area contributed by atoms with Gasteiger partial charge in [0.25, 0.3) is 0 Å². The van der Waals surface area contributed by atoms with Gasteiger partial charge in [-0.2, -0.15) is 0 Å². The highest BCUT2D eigenvalue weighted by Crippen LogP contribution is 2.19. The first-order valence-corrected chi connectivity index (χ1v) is 4.06. The fourth-order valence-electron chi connectivity index (χ4n) is 0.909. The van der Waals surface area contributed by atoms with E-state index in [1.165, 1.54) is 16.7 Å². The second kappa shape index (κ2) is 2.75. The molecule has 0 saturated heterocycles. The van der Waals surface area contributed by atoms with Crippen LogP contribution in [0.5, 0.6) is 0 Å². The van der Waals surface area contributed by atoms with E-state index in [4.69, 9.17) is 0 Å². The third-order valence-corrected chi connectivity index (χ3v) is 2.45. The minimum Gasteiger partial charge on any atom is -0.0554 e. The lowest BCUT2D eigenvalue weighted by molar-refractivity contribution is 1.27. The maximum atomic E-state index is 3.44. The highest BCUT2D eigenvalue weighted by atomic mass is 79.9. The zero-order valence-corrected chi connectivity index (χ0v) is 8.04. The van der Waals surface area contributed by atoms with E-state index >= 15 is 0 Å². The van der Waals surface area contributed by atoms with Crippen LogP contribution in [0.4, 0.5) is 0 Å². The van der Waals surface area contributed by atoms with E-state index in [-0.39, 0.29) is 0 Å². The zero-order chi connectivity index (χ0) is 7.72. The van der Waals surface area contributed by atoms with Crippen LogP contribution >= 0.6 is 15.9 Å². The summed E-state index contributed by atoms with van der Waals surface area (Å²) in [5.74, 6) is 0. The Morgan fingerprint density at radius 3 is 2.40 bits per heavy atom. The van der Waals surface area contributed by atoms with Gasteiger partial charge in [0.1, 0.15) is 0 Å². The lowest BCUT2D eigenvalue weighted by Crippen LogP contribution is -1.84. The van der Waals surface area contributed by atoms with E-state index in [2.05, 4.69) is 48.8 Å². The minimum atomic E-state index is 1.09. The molecule has 10 heavy (non-hydrogen) atoms. The zero-order valence-electron chi connectivity index (χ0n) is 6.46. The van der Waals surface area contributed by atoms with Crippen molar-refractivity contribution < 1.29 is 0 Å². The molecule has 1 heteroatoms. The predicted octanol–water partition coefficient (Wildman–Crippen LogP) is 3.17. The second-order valence-electron chi connectivity index (χ2n) is 2.57. The van der Waals surface area contributed by atoms with Gasteiger partial charge in [0.15, 0.2) is 0 Å². The van der Waals surface area contributed by atoms with Gasteiger partial charge >= 0.3 is 0 Å². The molecule has 0 N–H and O–H groups in total. The summed E-state index contributed by atoms with van der Waals surface area (Å²) < 4.78 is 1.09. The minimum absolute atomic E-state index is 1.09. The van der Waals surface area contributed by atoms with Crippen LogP contribution in [0.3, 0.4) is 0 Å². The third kappa shape index (κ3) is 1.40. The monoisotopic (exact) mass is 197 g/mol. The van der Waals surface area contributed by atoms with Crippen LogP contribution in [-0.2, 0) is 0 Å². The van der Waals surface area contributed by atoms with Crippen LogP contribution in [0.15, 0.2) is 10.5 Å². The Bertz CT molecular complexity index is 228. The van der Waals surface area contributed by atoms with E-state index in [0.29, 0.717) is 0 Å². The molecule has 1 aromatic carbocycles. The number of hydrogen-bond donors (Lipinski definition) is 0. The summed E-state index contributed by atoms with van der Waals surface area (Å²) in [7, 11) is 0. The smallest absolute Gasteiger partial charge is 0.0288 e. The molecule has 0 aliphatic heterocycles. The predicted molar refractivity (Wildman–Crippen MR) is 47.2 cm³/mol. The van der Waals surface area contributed by atoms with E-state index in [9.17, 15) is 0 Å². The summed E-state index contributed by atoms with van der Waals surface area (Å²) in [6.45, 7) is 6.26. The van der Waals surface area contributed by atoms with Crippen LogP contribution < -0.4 is 0 Å². The largest absolute Gasteiger partial charge is 0.0554 e. The lowest BCUT2D eigenvalue weighted by atomic mass is 10.1. The molecule has 0 bridgehead atoms. The van der Waals surface area contributed by atoms with E-state index in [0.717, 1.165) is 4.47 Å². The third-order valence-electron chi connectivity index (χ3n) is 1.66. The van der Waals surface area contributed by atoms with Crippen LogP contribution in [0.2, 0.25) is 0 Å². The van der Waals surface area contributed by atoms with Gasteiger partial charge in [0.05, 0.1) is 0 Å². The van der Waals surface area contributed by atoms with Gasteiger partial charge in [-0.1, -0.05) is 6.07 Å². The van der Waals surface area contributed by atoms with Crippen molar-refractivity contribution in [3.63, 3.8) is 0 Å². The molecule has 0 aliphatic carbocycles. The topological polar surface area (TPSA) is 0 Å². The van der Waals surface area contributed by atoms with Crippen molar-refractivity contribution in [1.29, 1.82) is 0 Å². The first-order valence-electron chi connectivity index (χ1n) is 3.27. The average molecular weight is 198 g/mol. The Balaban J connectivity index is 3.31. The number of aryl methyl sites for hydroxylation is 2. The van der Waals surface area contributed by atoms with Crippen molar-refractivity contribution in [2.24, 2.45) is 0 Å².